The largest absolute Gasteiger partial charge is 0.299 e. The first kappa shape index (κ1) is 10.9. The summed E-state index contributed by atoms with van der Waals surface area (Å²) in [5.74, 6) is 0. The highest BCUT2D eigenvalue weighted by molar-refractivity contribution is 6.12. The molecule has 0 amide bonds. The Morgan fingerprint density at radius 2 is 1.52 bits per heavy atom. The lowest BCUT2D eigenvalue weighted by atomic mass is 10.0. The normalized spacial score (nSPS) is 11.8. The van der Waals surface area contributed by atoms with Gasteiger partial charge in [-0.15, -0.1) is 0 Å². The van der Waals surface area contributed by atoms with Gasteiger partial charge >= 0.3 is 0 Å². The molecule has 2 nitrogen and oxygen atoms in total. The maximum atomic E-state index is 4.81. The SMILES string of the molecule is c1ccc2c(c1)ccc1c2ccn2c3ccccc3nc12. The van der Waals surface area contributed by atoms with E-state index >= 15 is 0 Å². The summed E-state index contributed by atoms with van der Waals surface area (Å²) >= 11 is 0. The molecule has 5 rings (SSSR count). The molecule has 2 heterocycles. The van der Waals surface area contributed by atoms with Gasteiger partial charge in [0.2, 0.25) is 0 Å². The topological polar surface area (TPSA) is 17.3 Å². The van der Waals surface area contributed by atoms with Crippen molar-refractivity contribution in [2.45, 2.75) is 0 Å². The first-order valence-corrected chi connectivity index (χ1v) is 7.09. The van der Waals surface area contributed by atoms with E-state index in [4.69, 9.17) is 4.98 Å². The van der Waals surface area contributed by atoms with Crippen LogP contribution in [0.5, 0.6) is 0 Å². The second-order valence-corrected chi connectivity index (χ2v) is 5.36. The van der Waals surface area contributed by atoms with Crippen molar-refractivity contribution in [1.29, 1.82) is 0 Å². The Kier molecular flexibility index (Phi) is 1.98. The number of pyridine rings is 1. The van der Waals surface area contributed by atoms with Crippen molar-refractivity contribution in [3.8, 4) is 0 Å². The van der Waals surface area contributed by atoms with Crippen LogP contribution < -0.4 is 0 Å². The van der Waals surface area contributed by atoms with Gasteiger partial charge in [0, 0.05) is 11.6 Å². The maximum Gasteiger partial charge on any atom is 0.145 e. The van der Waals surface area contributed by atoms with E-state index in [1.165, 1.54) is 21.5 Å². The van der Waals surface area contributed by atoms with E-state index in [1.807, 2.05) is 6.07 Å². The first-order chi connectivity index (χ1) is 10.4. The summed E-state index contributed by atoms with van der Waals surface area (Å²) in [6.07, 6.45) is 2.12. The second kappa shape index (κ2) is 3.83. The molecule has 0 bridgehead atoms. The zero-order valence-electron chi connectivity index (χ0n) is 11.3. The minimum atomic E-state index is 1.03. The number of rotatable bonds is 0. The molecule has 0 N–H and O–H groups in total. The molecule has 0 aliphatic carbocycles. The van der Waals surface area contributed by atoms with Gasteiger partial charge < -0.3 is 0 Å². The third-order valence-corrected chi connectivity index (χ3v) is 4.20. The van der Waals surface area contributed by atoms with Crippen LogP contribution in [0, 0.1) is 0 Å². The van der Waals surface area contributed by atoms with Crippen LogP contribution in [0.15, 0.2) is 72.9 Å². The Balaban J connectivity index is 2.07. The van der Waals surface area contributed by atoms with Crippen molar-refractivity contribution < 1.29 is 0 Å². The van der Waals surface area contributed by atoms with Gasteiger partial charge in [-0.05, 0) is 40.4 Å². The lowest BCUT2D eigenvalue weighted by Crippen LogP contribution is -1.86. The van der Waals surface area contributed by atoms with E-state index in [0.717, 1.165) is 16.7 Å². The van der Waals surface area contributed by atoms with E-state index in [1.54, 1.807) is 0 Å². The van der Waals surface area contributed by atoms with Gasteiger partial charge in [-0.3, -0.25) is 4.40 Å². The number of benzene rings is 3. The quantitative estimate of drug-likeness (QED) is 0.369. The van der Waals surface area contributed by atoms with E-state index in [0.29, 0.717) is 0 Å². The lowest BCUT2D eigenvalue weighted by molar-refractivity contribution is 1.25. The standard InChI is InChI=1S/C19H12N2/c1-2-6-14-13(5-1)9-10-16-15(14)11-12-21-18-8-4-3-7-17(18)20-19(16)21/h1-12H. The second-order valence-electron chi connectivity index (χ2n) is 5.36. The van der Waals surface area contributed by atoms with E-state index in [2.05, 4.69) is 71.3 Å². The van der Waals surface area contributed by atoms with Crippen molar-refractivity contribution in [2.75, 3.05) is 0 Å². The molecule has 3 aromatic carbocycles. The third kappa shape index (κ3) is 1.39. The Labute approximate surface area is 121 Å². The Hall–Kier alpha value is -2.87. The Morgan fingerprint density at radius 1 is 0.667 bits per heavy atom. The fourth-order valence-electron chi connectivity index (χ4n) is 3.20. The summed E-state index contributed by atoms with van der Waals surface area (Å²) < 4.78 is 2.17. The van der Waals surface area contributed by atoms with Crippen LogP contribution in [0.25, 0.3) is 38.2 Å². The summed E-state index contributed by atoms with van der Waals surface area (Å²) in [6.45, 7) is 0. The highest BCUT2D eigenvalue weighted by Crippen LogP contribution is 2.29. The average Bonchev–Trinajstić information content (AvgIpc) is 2.93. The molecule has 0 saturated heterocycles. The maximum absolute atomic E-state index is 4.81. The van der Waals surface area contributed by atoms with Crippen molar-refractivity contribution in [3.63, 3.8) is 0 Å². The molecule has 0 fully saturated rings. The van der Waals surface area contributed by atoms with E-state index in [-0.39, 0.29) is 0 Å². The van der Waals surface area contributed by atoms with Crippen LogP contribution in [0.3, 0.4) is 0 Å². The molecule has 0 unspecified atom stereocenters. The van der Waals surface area contributed by atoms with Crippen LogP contribution in [-0.4, -0.2) is 9.38 Å². The molecule has 21 heavy (non-hydrogen) atoms. The third-order valence-electron chi connectivity index (χ3n) is 4.20. The Bertz CT molecular complexity index is 1140. The van der Waals surface area contributed by atoms with Gasteiger partial charge in [0.1, 0.15) is 5.65 Å². The molecule has 0 aliphatic rings. The van der Waals surface area contributed by atoms with E-state index < -0.39 is 0 Å². The van der Waals surface area contributed by atoms with Crippen LogP contribution in [0.1, 0.15) is 0 Å². The fourth-order valence-corrected chi connectivity index (χ4v) is 3.20. The minimum absolute atomic E-state index is 1.03. The summed E-state index contributed by atoms with van der Waals surface area (Å²) in [7, 11) is 0. The molecule has 5 aromatic rings. The molecule has 98 valence electrons. The van der Waals surface area contributed by atoms with Gasteiger partial charge in [0.05, 0.1) is 11.0 Å². The highest BCUT2D eigenvalue weighted by atomic mass is 15.0. The van der Waals surface area contributed by atoms with Gasteiger partial charge in [-0.25, -0.2) is 4.98 Å². The number of nitrogens with zero attached hydrogens (tertiary/aromatic N) is 2. The number of fused-ring (bicyclic) bond motifs is 7. The van der Waals surface area contributed by atoms with Crippen LogP contribution in [0.4, 0.5) is 0 Å². The lowest BCUT2D eigenvalue weighted by Gasteiger charge is -2.05. The van der Waals surface area contributed by atoms with Crippen LogP contribution in [-0.2, 0) is 0 Å². The zero-order chi connectivity index (χ0) is 13.8. The predicted molar refractivity (Wildman–Crippen MR) is 87.7 cm³/mol. The fraction of sp³-hybridized carbons (Fsp3) is 0. The molecule has 0 radical (unpaired) electrons. The molecule has 0 aliphatic heterocycles. The zero-order valence-corrected chi connectivity index (χ0v) is 11.3. The molecular formula is C19H12N2. The Morgan fingerprint density at radius 3 is 2.52 bits per heavy atom. The van der Waals surface area contributed by atoms with Gasteiger partial charge in [-0.2, -0.15) is 0 Å². The number of para-hydroxylation sites is 2. The number of hydrogen-bond acceptors (Lipinski definition) is 1. The van der Waals surface area contributed by atoms with Crippen LogP contribution >= 0.6 is 0 Å². The minimum Gasteiger partial charge on any atom is -0.299 e. The van der Waals surface area contributed by atoms with Crippen molar-refractivity contribution in [3.05, 3.63) is 72.9 Å². The number of hydrogen-bond donors (Lipinski definition) is 0. The predicted octanol–water partition coefficient (Wildman–Crippen LogP) is 4.79. The summed E-state index contributed by atoms with van der Waals surface area (Å²) in [5.41, 5.74) is 3.22. The van der Waals surface area contributed by atoms with Crippen LogP contribution in [0.2, 0.25) is 0 Å². The molecule has 2 aromatic heterocycles. The first-order valence-electron chi connectivity index (χ1n) is 7.09. The van der Waals surface area contributed by atoms with Gasteiger partial charge in [-0.1, -0.05) is 42.5 Å². The van der Waals surface area contributed by atoms with Gasteiger partial charge in [0.25, 0.3) is 0 Å². The summed E-state index contributed by atoms with van der Waals surface area (Å²) in [4.78, 5) is 4.81. The molecule has 2 heteroatoms. The summed E-state index contributed by atoms with van der Waals surface area (Å²) in [6, 6.07) is 23.3. The molecule has 0 saturated carbocycles. The molecule has 0 spiro atoms. The van der Waals surface area contributed by atoms with Crippen molar-refractivity contribution >= 4 is 38.2 Å². The number of aromatic nitrogens is 2. The number of imidazole rings is 1. The highest BCUT2D eigenvalue weighted by Gasteiger charge is 2.08. The summed E-state index contributed by atoms with van der Waals surface area (Å²) in [5, 5.41) is 5.01. The van der Waals surface area contributed by atoms with Gasteiger partial charge in [0.15, 0.2) is 0 Å². The smallest absolute Gasteiger partial charge is 0.145 e. The average molecular weight is 268 g/mol. The molecule has 0 atom stereocenters. The monoisotopic (exact) mass is 268 g/mol. The van der Waals surface area contributed by atoms with Crippen molar-refractivity contribution in [1.82, 2.24) is 9.38 Å². The van der Waals surface area contributed by atoms with Crippen molar-refractivity contribution in [2.24, 2.45) is 0 Å². The van der Waals surface area contributed by atoms with E-state index in [9.17, 15) is 0 Å². The molecular weight excluding hydrogens is 256 g/mol.